The molecule has 0 spiro atoms. The molecule has 1 aliphatic heterocycles. The van der Waals surface area contributed by atoms with Crippen molar-refractivity contribution in [1.29, 1.82) is 5.41 Å². The van der Waals surface area contributed by atoms with Gasteiger partial charge in [-0.3, -0.25) is 5.41 Å². The molecule has 1 aromatic heterocycles. The minimum absolute atomic E-state index is 0.166. The number of amidine groups is 1. The molecule has 5 heteroatoms. The Bertz CT molecular complexity index is 433. The second-order valence-electron chi connectivity index (χ2n) is 4.56. The summed E-state index contributed by atoms with van der Waals surface area (Å²) >= 11 is 3.55. The van der Waals surface area contributed by atoms with Crippen LogP contribution in [0, 0.1) is 18.3 Å². The molecular weight excluding hydrogens is 280 g/mol. The molecule has 0 saturated carbocycles. The van der Waals surface area contributed by atoms with E-state index in [9.17, 15) is 0 Å². The van der Waals surface area contributed by atoms with E-state index in [2.05, 4.69) is 31.9 Å². The maximum absolute atomic E-state index is 7.55. The third kappa shape index (κ3) is 2.77. The number of pyridine rings is 1. The first kappa shape index (κ1) is 12.4. The Morgan fingerprint density at radius 1 is 1.65 bits per heavy atom. The number of anilines is 1. The highest BCUT2D eigenvalue weighted by Gasteiger charge is 2.23. The van der Waals surface area contributed by atoms with Crippen LogP contribution in [0.25, 0.3) is 0 Å². The zero-order chi connectivity index (χ0) is 12.4. The average Bonchev–Trinajstić information content (AvgIpc) is 2.29. The lowest BCUT2D eigenvalue weighted by Gasteiger charge is -2.33. The number of aromatic nitrogens is 1. The average molecular weight is 297 g/mol. The monoisotopic (exact) mass is 296 g/mol. The van der Waals surface area contributed by atoms with Crippen molar-refractivity contribution >= 4 is 27.6 Å². The fourth-order valence-electron chi connectivity index (χ4n) is 2.18. The summed E-state index contributed by atoms with van der Waals surface area (Å²) in [5, 5.41) is 7.55. The van der Waals surface area contributed by atoms with Crippen molar-refractivity contribution in [2.75, 3.05) is 18.0 Å². The molecule has 1 aliphatic rings. The van der Waals surface area contributed by atoms with Gasteiger partial charge in [0.25, 0.3) is 0 Å². The number of piperidine rings is 1. The van der Waals surface area contributed by atoms with Gasteiger partial charge in [0.1, 0.15) is 5.82 Å². The zero-order valence-electron chi connectivity index (χ0n) is 9.91. The van der Waals surface area contributed by atoms with Gasteiger partial charge in [-0.2, -0.15) is 0 Å². The van der Waals surface area contributed by atoms with E-state index in [-0.39, 0.29) is 11.8 Å². The number of nitrogens with one attached hydrogen (secondary N) is 1. The van der Waals surface area contributed by atoms with Crippen molar-refractivity contribution < 1.29 is 0 Å². The van der Waals surface area contributed by atoms with Gasteiger partial charge in [-0.05, 0) is 47.3 Å². The highest BCUT2D eigenvalue weighted by atomic mass is 79.9. The number of aryl methyl sites for hydroxylation is 1. The van der Waals surface area contributed by atoms with Crippen LogP contribution in [0.4, 0.5) is 5.82 Å². The van der Waals surface area contributed by atoms with Crippen LogP contribution in [-0.2, 0) is 0 Å². The SMILES string of the molecule is Cc1cnc(N2CCCC(C(=N)N)C2)c(Br)c1. The molecule has 17 heavy (non-hydrogen) atoms. The number of nitrogens with zero attached hydrogens (tertiary/aromatic N) is 2. The largest absolute Gasteiger partial charge is 0.387 e. The quantitative estimate of drug-likeness (QED) is 0.650. The molecule has 1 saturated heterocycles. The molecule has 2 heterocycles. The Morgan fingerprint density at radius 3 is 3.06 bits per heavy atom. The minimum Gasteiger partial charge on any atom is -0.387 e. The second-order valence-corrected chi connectivity index (χ2v) is 5.41. The highest BCUT2D eigenvalue weighted by molar-refractivity contribution is 9.10. The van der Waals surface area contributed by atoms with Gasteiger partial charge in [-0.15, -0.1) is 0 Å². The highest BCUT2D eigenvalue weighted by Crippen LogP contribution is 2.28. The summed E-state index contributed by atoms with van der Waals surface area (Å²) < 4.78 is 1.02. The zero-order valence-corrected chi connectivity index (χ0v) is 11.5. The molecule has 1 unspecified atom stereocenters. The molecule has 2 rings (SSSR count). The Labute approximate surface area is 110 Å². The Hall–Kier alpha value is -1.10. The first-order valence-electron chi connectivity index (χ1n) is 5.79. The van der Waals surface area contributed by atoms with Crippen molar-refractivity contribution in [1.82, 2.24) is 4.98 Å². The van der Waals surface area contributed by atoms with E-state index in [1.165, 1.54) is 0 Å². The lowest BCUT2D eigenvalue weighted by atomic mass is 9.97. The van der Waals surface area contributed by atoms with Crippen LogP contribution in [0.1, 0.15) is 18.4 Å². The normalized spacial score (nSPS) is 20.4. The third-order valence-corrected chi connectivity index (χ3v) is 3.70. The lowest BCUT2D eigenvalue weighted by molar-refractivity contribution is 0.499. The van der Waals surface area contributed by atoms with Gasteiger partial charge in [-0.25, -0.2) is 4.98 Å². The molecule has 0 radical (unpaired) electrons. The predicted octanol–water partition coefficient (Wildman–Crippen LogP) is 2.30. The maximum Gasteiger partial charge on any atom is 0.142 e. The van der Waals surface area contributed by atoms with Gasteiger partial charge in [0, 0.05) is 25.2 Å². The molecule has 0 amide bonds. The van der Waals surface area contributed by atoms with E-state index < -0.39 is 0 Å². The molecule has 1 atom stereocenters. The van der Waals surface area contributed by atoms with Gasteiger partial charge >= 0.3 is 0 Å². The van der Waals surface area contributed by atoms with Crippen LogP contribution in [0.15, 0.2) is 16.7 Å². The van der Waals surface area contributed by atoms with Crippen LogP contribution in [0.2, 0.25) is 0 Å². The van der Waals surface area contributed by atoms with Crippen LogP contribution in [-0.4, -0.2) is 23.9 Å². The van der Waals surface area contributed by atoms with Gasteiger partial charge in [0.2, 0.25) is 0 Å². The fourth-order valence-corrected chi connectivity index (χ4v) is 2.90. The summed E-state index contributed by atoms with van der Waals surface area (Å²) in [6.45, 7) is 3.80. The number of nitrogens with two attached hydrogens (primary N) is 1. The Morgan fingerprint density at radius 2 is 2.41 bits per heavy atom. The third-order valence-electron chi connectivity index (χ3n) is 3.12. The number of hydrogen-bond acceptors (Lipinski definition) is 3. The van der Waals surface area contributed by atoms with Gasteiger partial charge in [0.05, 0.1) is 10.3 Å². The van der Waals surface area contributed by atoms with E-state index in [0.717, 1.165) is 41.8 Å². The summed E-state index contributed by atoms with van der Waals surface area (Å²) in [5.74, 6) is 1.42. The lowest BCUT2D eigenvalue weighted by Crippen LogP contribution is -2.41. The van der Waals surface area contributed by atoms with Crippen molar-refractivity contribution in [3.63, 3.8) is 0 Å². The van der Waals surface area contributed by atoms with Gasteiger partial charge < -0.3 is 10.6 Å². The molecule has 0 aromatic carbocycles. The maximum atomic E-state index is 7.55. The Kier molecular flexibility index (Phi) is 3.66. The molecule has 3 N–H and O–H groups in total. The van der Waals surface area contributed by atoms with Crippen LogP contribution < -0.4 is 10.6 Å². The van der Waals surface area contributed by atoms with Crippen molar-refractivity contribution in [2.24, 2.45) is 11.7 Å². The summed E-state index contributed by atoms with van der Waals surface area (Å²) in [4.78, 5) is 6.67. The summed E-state index contributed by atoms with van der Waals surface area (Å²) in [6, 6.07) is 2.07. The summed E-state index contributed by atoms with van der Waals surface area (Å²) in [5.41, 5.74) is 6.73. The minimum atomic E-state index is 0.166. The van der Waals surface area contributed by atoms with E-state index in [0.29, 0.717) is 0 Å². The van der Waals surface area contributed by atoms with Crippen molar-refractivity contribution in [3.8, 4) is 0 Å². The van der Waals surface area contributed by atoms with Gasteiger partial charge in [0.15, 0.2) is 0 Å². The van der Waals surface area contributed by atoms with E-state index in [1.54, 1.807) is 0 Å². The molecule has 4 nitrogen and oxygen atoms in total. The number of hydrogen-bond donors (Lipinski definition) is 2. The summed E-state index contributed by atoms with van der Waals surface area (Å²) in [7, 11) is 0. The van der Waals surface area contributed by atoms with Crippen LogP contribution in [0.3, 0.4) is 0 Å². The predicted molar refractivity (Wildman–Crippen MR) is 73.5 cm³/mol. The van der Waals surface area contributed by atoms with Crippen LogP contribution >= 0.6 is 15.9 Å². The fraction of sp³-hybridized carbons (Fsp3) is 0.500. The molecule has 92 valence electrons. The van der Waals surface area contributed by atoms with Crippen molar-refractivity contribution in [2.45, 2.75) is 19.8 Å². The van der Waals surface area contributed by atoms with Crippen molar-refractivity contribution in [3.05, 3.63) is 22.3 Å². The molecular formula is C12H17BrN4. The summed E-state index contributed by atoms with van der Waals surface area (Å²) in [6.07, 6.45) is 3.94. The second kappa shape index (κ2) is 5.04. The molecule has 0 aliphatic carbocycles. The molecule has 1 aromatic rings. The Balaban J connectivity index is 2.19. The molecule has 0 bridgehead atoms. The van der Waals surface area contributed by atoms with E-state index in [4.69, 9.17) is 11.1 Å². The molecule has 1 fully saturated rings. The topological polar surface area (TPSA) is 66.0 Å². The van der Waals surface area contributed by atoms with Gasteiger partial charge in [-0.1, -0.05) is 0 Å². The first-order chi connectivity index (χ1) is 8.08. The van der Waals surface area contributed by atoms with E-state index >= 15 is 0 Å². The first-order valence-corrected chi connectivity index (χ1v) is 6.58. The van der Waals surface area contributed by atoms with Crippen LogP contribution in [0.5, 0.6) is 0 Å². The van der Waals surface area contributed by atoms with E-state index in [1.807, 2.05) is 13.1 Å². The number of halogens is 1. The smallest absolute Gasteiger partial charge is 0.142 e. The number of rotatable bonds is 2. The standard InChI is InChI=1S/C12H17BrN4/c1-8-5-10(13)12(16-6-8)17-4-2-3-9(7-17)11(14)15/h5-6,9H,2-4,7H2,1H3,(H3,14,15).